The van der Waals surface area contributed by atoms with Crippen molar-refractivity contribution in [1.82, 2.24) is 9.97 Å². The topological polar surface area (TPSA) is 74.8 Å². The summed E-state index contributed by atoms with van der Waals surface area (Å²) in [5.74, 6) is -0.797. The summed E-state index contributed by atoms with van der Waals surface area (Å²) in [6, 6.07) is 14.4. The number of hydrogen-bond donors (Lipinski definition) is 2. The van der Waals surface area contributed by atoms with Gasteiger partial charge in [-0.1, -0.05) is 48.2 Å². The maximum atomic E-state index is 13.6. The Hall–Kier alpha value is -2.93. The first-order chi connectivity index (χ1) is 13.8. The van der Waals surface area contributed by atoms with Gasteiger partial charge < -0.3 is 10.3 Å². The van der Waals surface area contributed by atoms with Crippen LogP contribution in [0.4, 0.5) is 10.1 Å². The summed E-state index contributed by atoms with van der Waals surface area (Å²) in [6.45, 7) is 5.39. The van der Waals surface area contributed by atoms with E-state index in [0.717, 1.165) is 5.56 Å². The maximum absolute atomic E-state index is 13.6. The van der Waals surface area contributed by atoms with Gasteiger partial charge in [0.15, 0.2) is 5.16 Å². The maximum Gasteiger partial charge on any atom is 0.255 e. The molecule has 0 aliphatic carbocycles. The molecule has 1 amide bonds. The SMILES string of the molecule is Cc1ccc(NC(=O)Cc2c(C)nc(SC(C)c3ccccc3)[nH]c2=O)cc1F. The molecule has 2 aromatic carbocycles. The summed E-state index contributed by atoms with van der Waals surface area (Å²) in [7, 11) is 0. The third-order valence-corrected chi connectivity index (χ3v) is 5.59. The first-order valence-corrected chi connectivity index (χ1v) is 10.1. The number of carbonyl (C=O) groups is 1. The second-order valence-electron chi connectivity index (χ2n) is 6.79. The third kappa shape index (κ3) is 5.32. The lowest BCUT2D eigenvalue weighted by atomic mass is 10.1. The molecule has 3 rings (SSSR count). The largest absolute Gasteiger partial charge is 0.326 e. The summed E-state index contributed by atoms with van der Waals surface area (Å²) < 4.78 is 13.6. The molecule has 1 atom stereocenters. The number of aromatic nitrogens is 2. The molecule has 29 heavy (non-hydrogen) atoms. The number of amides is 1. The van der Waals surface area contributed by atoms with Gasteiger partial charge in [0.25, 0.3) is 5.56 Å². The molecular formula is C22H22FN3O2S. The fraction of sp³-hybridized carbons (Fsp3) is 0.227. The van der Waals surface area contributed by atoms with Crippen LogP contribution in [0.15, 0.2) is 58.5 Å². The van der Waals surface area contributed by atoms with Crippen LogP contribution in [-0.4, -0.2) is 15.9 Å². The van der Waals surface area contributed by atoms with E-state index in [1.807, 2.05) is 37.3 Å². The Bertz CT molecular complexity index is 1080. The van der Waals surface area contributed by atoms with Crippen LogP contribution in [0, 0.1) is 19.7 Å². The molecule has 5 nitrogen and oxygen atoms in total. The van der Waals surface area contributed by atoms with Gasteiger partial charge in [-0.05, 0) is 44.0 Å². The number of rotatable bonds is 6. The molecule has 150 valence electrons. The molecular weight excluding hydrogens is 389 g/mol. The number of H-pyrrole nitrogens is 1. The van der Waals surface area contributed by atoms with Gasteiger partial charge in [-0.25, -0.2) is 9.37 Å². The van der Waals surface area contributed by atoms with Crippen LogP contribution in [0.2, 0.25) is 0 Å². The molecule has 0 spiro atoms. The van der Waals surface area contributed by atoms with Crippen molar-refractivity contribution in [1.29, 1.82) is 0 Å². The highest BCUT2D eigenvalue weighted by Crippen LogP contribution is 2.32. The van der Waals surface area contributed by atoms with Gasteiger partial charge in [-0.15, -0.1) is 0 Å². The van der Waals surface area contributed by atoms with Crippen LogP contribution in [0.1, 0.15) is 34.6 Å². The zero-order valence-corrected chi connectivity index (χ0v) is 17.3. The Morgan fingerprint density at radius 2 is 1.93 bits per heavy atom. The molecule has 1 aromatic heterocycles. The molecule has 7 heteroatoms. The number of anilines is 1. The average Bonchev–Trinajstić information content (AvgIpc) is 2.68. The van der Waals surface area contributed by atoms with Crippen molar-refractivity contribution in [3.05, 3.63) is 87.1 Å². The number of carbonyl (C=O) groups excluding carboxylic acids is 1. The minimum absolute atomic E-state index is 0.115. The zero-order chi connectivity index (χ0) is 21.0. The number of nitrogens with zero attached hydrogens (tertiary/aromatic N) is 1. The smallest absolute Gasteiger partial charge is 0.255 e. The van der Waals surface area contributed by atoms with Crippen molar-refractivity contribution < 1.29 is 9.18 Å². The molecule has 1 unspecified atom stereocenters. The number of halogens is 1. The second-order valence-corrected chi connectivity index (χ2v) is 8.12. The molecule has 3 aromatic rings. The molecule has 0 bridgehead atoms. The van der Waals surface area contributed by atoms with E-state index in [1.54, 1.807) is 26.0 Å². The van der Waals surface area contributed by atoms with E-state index in [9.17, 15) is 14.0 Å². The Morgan fingerprint density at radius 1 is 1.21 bits per heavy atom. The number of benzene rings is 2. The Balaban J connectivity index is 1.71. The lowest BCUT2D eigenvalue weighted by Gasteiger charge is -2.12. The van der Waals surface area contributed by atoms with Crippen LogP contribution in [0.5, 0.6) is 0 Å². The van der Waals surface area contributed by atoms with Crippen molar-refractivity contribution in [3.63, 3.8) is 0 Å². The van der Waals surface area contributed by atoms with Crippen LogP contribution >= 0.6 is 11.8 Å². The standard InChI is InChI=1S/C22H22FN3O2S/c1-13-9-10-17(11-19(13)23)25-20(27)12-18-14(2)24-22(26-21(18)28)29-15(3)16-7-5-4-6-8-16/h4-11,15H,12H2,1-3H3,(H,25,27)(H,24,26,28). The second kappa shape index (κ2) is 9.05. The molecule has 0 saturated heterocycles. The fourth-order valence-corrected chi connectivity index (χ4v) is 3.81. The average molecular weight is 412 g/mol. The molecule has 0 radical (unpaired) electrons. The van der Waals surface area contributed by atoms with Gasteiger partial charge in [0.1, 0.15) is 5.82 Å². The van der Waals surface area contributed by atoms with Crippen molar-refractivity contribution in [3.8, 4) is 0 Å². The quantitative estimate of drug-likeness (QED) is 0.461. The summed E-state index contributed by atoms with van der Waals surface area (Å²) in [5, 5.41) is 3.24. The van der Waals surface area contributed by atoms with E-state index in [4.69, 9.17) is 0 Å². The van der Waals surface area contributed by atoms with E-state index < -0.39 is 11.7 Å². The normalized spacial score (nSPS) is 11.9. The van der Waals surface area contributed by atoms with Crippen molar-refractivity contribution in [2.45, 2.75) is 37.6 Å². The van der Waals surface area contributed by atoms with Crippen LogP contribution in [-0.2, 0) is 11.2 Å². The first kappa shape index (κ1) is 20.8. The Morgan fingerprint density at radius 3 is 2.59 bits per heavy atom. The van der Waals surface area contributed by atoms with Gasteiger partial charge in [-0.3, -0.25) is 9.59 Å². The number of aromatic amines is 1. The summed E-state index contributed by atoms with van der Waals surface area (Å²) in [5.41, 5.74) is 2.44. The van der Waals surface area contributed by atoms with Crippen LogP contribution in [0.25, 0.3) is 0 Å². The molecule has 0 aliphatic rings. The summed E-state index contributed by atoms with van der Waals surface area (Å²) in [6.07, 6.45) is -0.136. The molecule has 1 heterocycles. The first-order valence-electron chi connectivity index (χ1n) is 9.21. The van der Waals surface area contributed by atoms with E-state index in [2.05, 4.69) is 15.3 Å². The molecule has 2 N–H and O–H groups in total. The highest BCUT2D eigenvalue weighted by molar-refractivity contribution is 7.99. The van der Waals surface area contributed by atoms with Crippen LogP contribution in [0.3, 0.4) is 0 Å². The van der Waals surface area contributed by atoms with Crippen molar-refractivity contribution in [2.24, 2.45) is 0 Å². The zero-order valence-electron chi connectivity index (χ0n) is 16.5. The van der Waals surface area contributed by atoms with Gasteiger partial charge in [0, 0.05) is 22.2 Å². The van der Waals surface area contributed by atoms with Crippen molar-refractivity contribution >= 4 is 23.4 Å². The summed E-state index contributed by atoms with van der Waals surface area (Å²) >= 11 is 1.45. The molecule has 0 aliphatic heterocycles. The lowest BCUT2D eigenvalue weighted by Crippen LogP contribution is -2.24. The number of nitrogens with one attached hydrogen (secondary N) is 2. The van der Waals surface area contributed by atoms with E-state index in [-0.39, 0.29) is 17.2 Å². The predicted octanol–water partition coefficient (Wildman–Crippen LogP) is 4.56. The molecule has 0 fully saturated rings. The highest BCUT2D eigenvalue weighted by atomic mass is 32.2. The molecule has 0 saturated carbocycles. The van der Waals surface area contributed by atoms with Crippen molar-refractivity contribution in [2.75, 3.05) is 5.32 Å². The highest BCUT2D eigenvalue weighted by Gasteiger charge is 2.15. The van der Waals surface area contributed by atoms with Gasteiger partial charge in [0.2, 0.25) is 5.91 Å². The number of thioether (sulfide) groups is 1. The van der Waals surface area contributed by atoms with Crippen LogP contribution < -0.4 is 10.9 Å². The van der Waals surface area contributed by atoms with Gasteiger partial charge in [-0.2, -0.15) is 0 Å². The van der Waals surface area contributed by atoms with Gasteiger partial charge in [0.05, 0.1) is 6.42 Å². The lowest BCUT2D eigenvalue weighted by molar-refractivity contribution is -0.115. The Kier molecular flexibility index (Phi) is 6.49. The van der Waals surface area contributed by atoms with E-state index in [0.29, 0.717) is 27.7 Å². The summed E-state index contributed by atoms with van der Waals surface area (Å²) in [4.78, 5) is 32.0. The minimum Gasteiger partial charge on any atom is -0.326 e. The minimum atomic E-state index is -0.401. The number of hydrogen-bond acceptors (Lipinski definition) is 4. The third-order valence-electron chi connectivity index (χ3n) is 4.55. The Labute approximate surface area is 172 Å². The number of aryl methyl sites for hydroxylation is 2. The monoisotopic (exact) mass is 411 g/mol. The predicted molar refractivity (Wildman–Crippen MR) is 114 cm³/mol. The van der Waals surface area contributed by atoms with Gasteiger partial charge >= 0.3 is 0 Å². The van der Waals surface area contributed by atoms with E-state index >= 15 is 0 Å². The fourth-order valence-electron chi connectivity index (χ4n) is 2.84. The van der Waals surface area contributed by atoms with E-state index in [1.165, 1.54) is 17.8 Å².